The molecule has 0 radical (unpaired) electrons. The standard InChI is InChI=1S/C10H9ClN2O4S/c1-3-4-12-18(16,17)10-6-9(13(14)15)8(11)5-7(10)2/h1,5-6,12H,4H2,2H3. The van der Waals surface area contributed by atoms with Crippen LogP contribution in [0.1, 0.15) is 5.56 Å². The van der Waals surface area contributed by atoms with Gasteiger partial charge < -0.3 is 0 Å². The molecule has 0 unspecified atom stereocenters. The average Bonchev–Trinajstić information content (AvgIpc) is 2.25. The van der Waals surface area contributed by atoms with Crippen molar-refractivity contribution in [1.82, 2.24) is 4.72 Å². The quantitative estimate of drug-likeness (QED) is 0.516. The van der Waals surface area contributed by atoms with Crippen molar-refractivity contribution in [2.45, 2.75) is 11.8 Å². The van der Waals surface area contributed by atoms with Crippen molar-refractivity contribution in [3.63, 3.8) is 0 Å². The maximum absolute atomic E-state index is 11.8. The molecule has 0 amide bonds. The lowest BCUT2D eigenvalue weighted by Gasteiger charge is -2.08. The van der Waals surface area contributed by atoms with Gasteiger partial charge in [-0.2, -0.15) is 4.72 Å². The SMILES string of the molecule is C#CCNS(=O)(=O)c1cc([N+](=O)[O-])c(Cl)cc1C. The number of hydrogen-bond donors (Lipinski definition) is 1. The topological polar surface area (TPSA) is 89.3 Å². The molecule has 0 spiro atoms. The minimum Gasteiger partial charge on any atom is -0.258 e. The second kappa shape index (κ2) is 5.35. The number of nitro benzene ring substituents is 1. The Hall–Kier alpha value is -1.62. The van der Waals surface area contributed by atoms with Crippen molar-refractivity contribution >= 4 is 27.3 Å². The molecule has 0 aromatic heterocycles. The van der Waals surface area contributed by atoms with E-state index in [4.69, 9.17) is 18.0 Å². The van der Waals surface area contributed by atoms with Crippen molar-refractivity contribution < 1.29 is 13.3 Å². The van der Waals surface area contributed by atoms with Gasteiger partial charge in [-0.3, -0.25) is 10.1 Å². The zero-order chi connectivity index (χ0) is 13.9. The molecule has 0 saturated heterocycles. The van der Waals surface area contributed by atoms with E-state index >= 15 is 0 Å². The Bertz CT molecular complexity index is 634. The molecule has 0 fully saturated rings. The monoisotopic (exact) mass is 288 g/mol. The Balaban J connectivity index is 3.38. The summed E-state index contributed by atoms with van der Waals surface area (Å²) in [6, 6.07) is 2.14. The predicted octanol–water partition coefficient (Wildman–Crippen LogP) is 1.47. The van der Waals surface area contributed by atoms with Gasteiger partial charge in [-0.05, 0) is 18.6 Å². The highest BCUT2D eigenvalue weighted by atomic mass is 35.5. The van der Waals surface area contributed by atoms with Crippen LogP contribution in [0.25, 0.3) is 0 Å². The van der Waals surface area contributed by atoms with Crippen molar-refractivity contribution in [2.24, 2.45) is 0 Å². The highest BCUT2D eigenvalue weighted by Crippen LogP contribution is 2.29. The van der Waals surface area contributed by atoms with E-state index in [1.54, 1.807) is 0 Å². The molecular formula is C10H9ClN2O4S. The zero-order valence-electron chi connectivity index (χ0n) is 9.31. The number of aryl methyl sites for hydroxylation is 1. The van der Waals surface area contributed by atoms with Crippen molar-refractivity contribution in [1.29, 1.82) is 0 Å². The number of halogens is 1. The maximum atomic E-state index is 11.8. The summed E-state index contributed by atoms with van der Waals surface area (Å²) in [4.78, 5) is 9.74. The molecule has 0 heterocycles. The van der Waals surface area contributed by atoms with Crippen LogP contribution in [0.5, 0.6) is 0 Å². The summed E-state index contributed by atoms with van der Waals surface area (Å²) in [5, 5.41) is 10.6. The fourth-order valence-corrected chi connectivity index (χ4v) is 2.75. The fraction of sp³-hybridized carbons (Fsp3) is 0.200. The molecule has 18 heavy (non-hydrogen) atoms. The van der Waals surface area contributed by atoms with E-state index in [1.807, 2.05) is 0 Å². The molecule has 96 valence electrons. The number of nitrogens with one attached hydrogen (secondary N) is 1. The average molecular weight is 289 g/mol. The van der Waals surface area contributed by atoms with Crippen LogP contribution in [0.4, 0.5) is 5.69 Å². The predicted molar refractivity (Wildman–Crippen MR) is 66.9 cm³/mol. The molecule has 0 aliphatic heterocycles. The molecular weight excluding hydrogens is 280 g/mol. The van der Waals surface area contributed by atoms with Crippen LogP contribution in [-0.2, 0) is 10.0 Å². The van der Waals surface area contributed by atoms with Gasteiger partial charge in [0.2, 0.25) is 10.0 Å². The number of benzene rings is 1. The lowest BCUT2D eigenvalue weighted by Crippen LogP contribution is -2.24. The Morgan fingerprint density at radius 3 is 2.67 bits per heavy atom. The van der Waals surface area contributed by atoms with Crippen molar-refractivity contribution in [3.8, 4) is 12.3 Å². The Kier molecular flexibility index (Phi) is 4.29. The first-order valence-corrected chi connectivity index (χ1v) is 6.53. The number of sulfonamides is 1. The third kappa shape index (κ3) is 2.98. The van der Waals surface area contributed by atoms with Crippen LogP contribution < -0.4 is 4.72 Å². The summed E-state index contributed by atoms with van der Waals surface area (Å²) in [5.41, 5.74) is -0.168. The van der Waals surface area contributed by atoms with Crippen LogP contribution in [0, 0.1) is 29.4 Å². The Labute approximate surface area is 109 Å². The molecule has 0 aliphatic carbocycles. The second-order valence-electron chi connectivity index (χ2n) is 3.35. The van der Waals surface area contributed by atoms with Gasteiger partial charge in [0.1, 0.15) is 5.02 Å². The fourth-order valence-electron chi connectivity index (χ4n) is 1.29. The first-order valence-electron chi connectivity index (χ1n) is 4.67. The lowest BCUT2D eigenvalue weighted by atomic mass is 10.2. The molecule has 0 aliphatic rings. The van der Waals surface area contributed by atoms with Gasteiger partial charge in [0, 0.05) is 6.07 Å². The molecule has 0 bridgehead atoms. The van der Waals surface area contributed by atoms with Crippen LogP contribution in [0.15, 0.2) is 17.0 Å². The van der Waals surface area contributed by atoms with Gasteiger partial charge >= 0.3 is 0 Å². The molecule has 1 aromatic rings. The maximum Gasteiger partial charge on any atom is 0.289 e. The molecule has 6 nitrogen and oxygen atoms in total. The summed E-state index contributed by atoms with van der Waals surface area (Å²) in [5.74, 6) is 2.11. The van der Waals surface area contributed by atoms with Gasteiger partial charge in [0.15, 0.2) is 0 Å². The van der Waals surface area contributed by atoms with Crippen molar-refractivity contribution in [2.75, 3.05) is 6.54 Å². The molecule has 8 heteroatoms. The van der Waals surface area contributed by atoms with E-state index < -0.39 is 20.6 Å². The number of rotatable bonds is 4. The van der Waals surface area contributed by atoms with Crippen LogP contribution >= 0.6 is 11.6 Å². The van der Waals surface area contributed by atoms with E-state index in [0.717, 1.165) is 6.07 Å². The smallest absolute Gasteiger partial charge is 0.258 e. The van der Waals surface area contributed by atoms with Crippen molar-refractivity contribution in [3.05, 3.63) is 32.8 Å². The molecule has 1 rings (SSSR count). The third-order valence-electron chi connectivity index (χ3n) is 2.09. The summed E-state index contributed by atoms with van der Waals surface area (Å²) in [7, 11) is -3.88. The van der Waals surface area contributed by atoms with Gasteiger partial charge in [-0.25, -0.2) is 8.42 Å². The van der Waals surface area contributed by atoms with E-state index in [0.29, 0.717) is 5.56 Å². The number of nitrogens with zero attached hydrogens (tertiary/aromatic N) is 1. The van der Waals surface area contributed by atoms with E-state index in [-0.39, 0.29) is 16.5 Å². The van der Waals surface area contributed by atoms with Gasteiger partial charge in [0.05, 0.1) is 16.4 Å². The summed E-state index contributed by atoms with van der Waals surface area (Å²) < 4.78 is 25.8. The number of terminal acetylenes is 1. The molecule has 1 N–H and O–H groups in total. The van der Waals surface area contributed by atoms with Gasteiger partial charge in [0.25, 0.3) is 5.69 Å². The molecule has 1 aromatic carbocycles. The van der Waals surface area contributed by atoms with Gasteiger partial charge in [-0.1, -0.05) is 17.5 Å². The van der Waals surface area contributed by atoms with Crippen LogP contribution in [-0.4, -0.2) is 19.9 Å². The largest absolute Gasteiger partial charge is 0.289 e. The van der Waals surface area contributed by atoms with E-state index in [1.165, 1.54) is 13.0 Å². The van der Waals surface area contributed by atoms with E-state index in [2.05, 4.69) is 10.6 Å². The summed E-state index contributed by atoms with van der Waals surface area (Å²) >= 11 is 5.66. The minimum absolute atomic E-state index is 0.117. The molecule has 0 atom stereocenters. The van der Waals surface area contributed by atoms with Crippen LogP contribution in [0.2, 0.25) is 5.02 Å². The van der Waals surface area contributed by atoms with Gasteiger partial charge in [-0.15, -0.1) is 6.42 Å². The Morgan fingerprint density at radius 2 is 2.17 bits per heavy atom. The first-order chi connectivity index (χ1) is 8.29. The minimum atomic E-state index is -3.88. The molecule has 0 saturated carbocycles. The summed E-state index contributed by atoms with van der Waals surface area (Å²) in [6.07, 6.45) is 4.95. The highest BCUT2D eigenvalue weighted by Gasteiger charge is 2.22. The lowest BCUT2D eigenvalue weighted by molar-refractivity contribution is -0.384. The normalized spacial score (nSPS) is 10.9. The first kappa shape index (κ1) is 14.4. The zero-order valence-corrected chi connectivity index (χ0v) is 10.9. The number of hydrogen-bond acceptors (Lipinski definition) is 4. The van der Waals surface area contributed by atoms with E-state index in [9.17, 15) is 18.5 Å². The number of nitro groups is 1. The Morgan fingerprint density at radius 1 is 1.56 bits per heavy atom. The third-order valence-corrected chi connectivity index (χ3v) is 3.94. The highest BCUT2D eigenvalue weighted by molar-refractivity contribution is 7.89. The summed E-state index contributed by atoms with van der Waals surface area (Å²) in [6.45, 7) is 1.29. The van der Waals surface area contributed by atoms with Crippen LogP contribution in [0.3, 0.4) is 0 Å². The second-order valence-corrected chi connectivity index (χ2v) is 5.50.